The summed E-state index contributed by atoms with van der Waals surface area (Å²) >= 11 is 12.2. The van der Waals surface area contributed by atoms with Crippen LogP contribution in [0.1, 0.15) is 18.0 Å². The van der Waals surface area contributed by atoms with Gasteiger partial charge in [-0.15, -0.1) is 0 Å². The second-order valence-electron chi connectivity index (χ2n) is 4.38. The second kappa shape index (κ2) is 4.92. The molecule has 0 aliphatic carbocycles. The third-order valence-corrected chi connectivity index (χ3v) is 3.92. The predicted molar refractivity (Wildman–Crippen MR) is 69.0 cm³/mol. The molecule has 16 heavy (non-hydrogen) atoms. The maximum absolute atomic E-state index is 6.25. The minimum absolute atomic E-state index is 0.328. The molecule has 0 radical (unpaired) electrons. The van der Waals surface area contributed by atoms with Gasteiger partial charge in [-0.1, -0.05) is 29.3 Å². The van der Waals surface area contributed by atoms with Crippen molar-refractivity contribution in [2.45, 2.75) is 12.5 Å². The molecule has 4 heteroatoms. The third kappa shape index (κ3) is 2.21. The van der Waals surface area contributed by atoms with Crippen LogP contribution >= 0.6 is 23.2 Å². The Labute approximate surface area is 106 Å². The first-order chi connectivity index (χ1) is 7.63. The Morgan fingerprint density at radius 1 is 1.44 bits per heavy atom. The maximum Gasteiger partial charge on any atom is 0.0468 e. The van der Waals surface area contributed by atoms with Gasteiger partial charge in [-0.2, -0.15) is 0 Å². The molecule has 2 N–H and O–H groups in total. The van der Waals surface area contributed by atoms with Gasteiger partial charge in [-0.05, 0) is 50.2 Å². The minimum atomic E-state index is 0.328. The van der Waals surface area contributed by atoms with E-state index in [1.807, 2.05) is 12.1 Å². The van der Waals surface area contributed by atoms with Crippen molar-refractivity contribution in [2.75, 3.05) is 20.1 Å². The van der Waals surface area contributed by atoms with Crippen molar-refractivity contribution in [3.05, 3.63) is 33.8 Å². The van der Waals surface area contributed by atoms with Crippen molar-refractivity contribution in [3.63, 3.8) is 0 Å². The average Bonchev–Trinajstić information content (AvgIpc) is 2.60. The summed E-state index contributed by atoms with van der Waals surface area (Å²) in [6.45, 7) is 1.78. The van der Waals surface area contributed by atoms with Gasteiger partial charge in [0.25, 0.3) is 0 Å². The van der Waals surface area contributed by atoms with Gasteiger partial charge in [-0.25, -0.2) is 0 Å². The van der Waals surface area contributed by atoms with Crippen LogP contribution in [0.5, 0.6) is 0 Å². The summed E-state index contributed by atoms with van der Waals surface area (Å²) in [5, 5.41) is 1.42. The number of nitrogens with zero attached hydrogens (tertiary/aromatic N) is 1. The molecule has 0 spiro atoms. The Hall–Kier alpha value is -0.280. The van der Waals surface area contributed by atoms with E-state index in [1.165, 1.54) is 0 Å². The fourth-order valence-electron chi connectivity index (χ4n) is 2.51. The van der Waals surface area contributed by atoms with Gasteiger partial charge < -0.3 is 5.73 Å². The van der Waals surface area contributed by atoms with Crippen LogP contribution in [0, 0.1) is 5.92 Å². The van der Waals surface area contributed by atoms with E-state index in [4.69, 9.17) is 28.9 Å². The molecule has 2 rings (SSSR count). The zero-order valence-corrected chi connectivity index (χ0v) is 10.8. The molecule has 2 nitrogen and oxygen atoms in total. The zero-order chi connectivity index (χ0) is 11.7. The van der Waals surface area contributed by atoms with Crippen molar-refractivity contribution >= 4 is 23.2 Å². The molecule has 1 aromatic carbocycles. The molecule has 1 heterocycles. The normalized spacial score (nSPS) is 26.2. The molecule has 0 amide bonds. The van der Waals surface area contributed by atoms with Crippen molar-refractivity contribution in [1.29, 1.82) is 0 Å². The lowest BCUT2D eigenvalue weighted by atomic mass is 9.94. The second-order valence-corrected chi connectivity index (χ2v) is 5.22. The quantitative estimate of drug-likeness (QED) is 0.884. The number of hydrogen-bond donors (Lipinski definition) is 1. The molecule has 2 unspecified atom stereocenters. The van der Waals surface area contributed by atoms with E-state index in [1.54, 1.807) is 6.07 Å². The highest BCUT2D eigenvalue weighted by Crippen LogP contribution is 2.39. The summed E-state index contributed by atoms with van der Waals surface area (Å²) in [6.07, 6.45) is 1.14. The molecule has 1 aliphatic heterocycles. The molecule has 1 saturated heterocycles. The van der Waals surface area contributed by atoms with Crippen LogP contribution in [0.3, 0.4) is 0 Å². The Bertz CT molecular complexity index is 381. The fraction of sp³-hybridized carbons (Fsp3) is 0.500. The highest BCUT2D eigenvalue weighted by atomic mass is 35.5. The van der Waals surface area contributed by atoms with Crippen LogP contribution in [0.4, 0.5) is 0 Å². The molecule has 1 fully saturated rings. The number of likely N-dealkylation sites (tertiary alicyclic amines) is 1. The van der Waals surface area contributed by atoms with E-state index in [-0.39, 0.29) is 0 Å². The Morgan fingerprint density at radius 3 is 2.81 bits per heavy atom. The first-order valence-corrected chi connectivity index (χ1v) is 6.24. The van der Waals surface area contributed by atoms with Gasteiger partial charge in [0.1, 0.15) is 0 Å². The van der Waals surface area contributed by atoms with Crippen molar-refractivity contribution < 1.29 is 0 Å². The van der Waals surface area contributed by atoms with Gasteiger partial charge >= 0.3 is 0 Å². The highest BCUT2D eigenvalue weighted by Gasteiger charge is 2.33. The Balaban J connectivity index is 2.34. The first-order valence-electron chi connectivity index (χ1n) is 5.48. The van der Waals surface area contributed by atoms with E-state index < -0.39 is 0 Å². The van der Waals surface area contributed by atoms with Crippen LogP contribution in [-0.2, 0) is 0 Å². The van der Waals surface area contributed by atoms with Crippen LogP contribution in [0.25, 0.3) is 0 Å². The van der Waals surface area contributed by atoms with Crippen molar-refractivity contribution in [1.82, 2.24) is 4.90 Å². The first kappa shape index (κ1) is 12.2. The molecular weight excluding hydrogens is 243 g/mol. The van der Waals surface area contributed by atoms with Gasteiger partial charge in [-0.3, -0.25) is 4.90 Å². The van der Waals surface area contributed by atoms with Crippen LogP contribution in [-0.4, -0.2) is 25.0 Å². The van der Waals surface area contributed by atoms with Crippen molar-refractivity contribution in [3.8, 4) is 0 Å². The summed E-state index contributed by atoms with van der Waals surface area (Å²) in [5.74, 6) is 0.490. The van der Waals surface area contributed by atoms with E-state index in [0.29, 0.717) is 23.5 Å². The summed E-state index contributed by atoms with van der Waals surface area (Å²) < 4.78 is 0. The maximum atomic E-state index is 6.25. The summed E-state index contributed by atoms with van der Waals surface area (Å²) in [7, 11) is 2.12. The molecule has 88 valence electrons. The predicted octanol–water partition coefficient (Wildman–Crippen LogP) is 2.94. The number of nitrogens with two attached hydrogens (primary N) is 1. The van der Waals surface area contributed by atoms with Crippen LogP contribution < -0.4 is 5.73 Å². The average molecular weight is 259 g/mol. The molecule has 0 aromatic heterocycles. The summed E-state index contributed by atoms with van der Waals surface area (Å²) in [6, 6.07) is 6.04. The minimum Gasteiger partial charge on any atom is -0.330 e. The number of hydrogen-bond acceptors (Lipinski definition) is 2. The largest absolute Gasteiger partial charge is 0.330 e. The molecule has 0 saturated carbocycles. The SMILES string of the molecule is CN1CCC(CN)C1c1ccc(Cl)cc1Cl. The van der Waals surface area contributed by atoms with Crippen LogP contribution in [0.15, 0.2) is 18.2 Å². The monoisotopic (exact) mass is 258 g/mol. The summed E-state index contributed by atoms with van der Waals surface area (Å²) in [4.78, 5) is 2.31. The number of benzene rings is 1. The van der Waals surface area contributed by atoms with E-state index in [9.17, 15) is 0 Å². The lowest BCUT2D eigenvalue weighted by Crippen LogP contribution is -2.25. The van der Waals surface area contributed by atoms with E-state index in [2.05, 4.69) is 11.9 Å². The number of halogens is 2. The van der Waals surface area contributed by atoms with Gasteiger partial charge in [0.2, 0.25) is 0 Å². The van der Waals surface area contributed by atoms with E-state index >= 15 is 0 Å². The zero-order valence-electron chi connectivity index (χ0n) is 9.29. The van der Waals surface area contributed by atoms with Gasteiger partial charge in [0.05, 0.1) is 0 Å². The molecule has 2 atom stereocenters. The van der Waals surface area contributed by atoms with Crippen LogP contribution in [0.2, 0.25) is 10.0 Å². The highest BCUT2D eigenvalue weighted by molar-refractivity contribution is 6.35. The molecule has 0 bridgehead atoms. The van der Waals surface area contributed by atoms with E-state index in [0.717, 1.165) is 23.6 Å². The van der Waals surface area contributed by atoms with Gasteiger partial charge in [0.15, 0.2) is 0 Å². The topological polar surface area (TPSA) is 29.3 Å². The smallest absolute Gasteiger partial charge is 0.0468 e. The van der Waals surface area contributed by atoms with Gasteiger partial charge in [0, 0.05) is 16.1 Å². The molecular formula is C12H16Cl2N2. The Kier molecular flexibility index (Phi) is 3.75. The molecule has 1 aromatic rings. The standard InChI is InChI=1S/C12H16Cl2N2/c1-16-5-4-8(7-15)12(16)10-3-2-9(13)6-11(10)14/h2-3,6,8,12H,4-5,7,15H2,1H3. The third-order valence-electron chi connectivity index (χ3n) is 3.36. The van der Waals surface area contributed by atoms with Crippen molar-refractivity contribution in [2.24, 2.45) is 11.7 Å². The lowest BCUT2D eigenvalue weighted by molar-refractivity contribution is 0.279. The number of rotatable bonds is 2. The fourth-order valence-corrected chi connectivity index (χ4v) is 3.03. The Morgan fingerprint density at radius 2 is 2.19 bits per heavy atom. The lowest BCUT2D eigenvalue weighted by Gasteiger charge is -2.25. The summed E-state index contributed by atoms with van der Waals surface area (Å²) in [5.41, 5.74) is 6.95. The molecule has 1 aliphatic rings.